The Morgan fingerprint density at radius 2 is 0.955 bits per heavy atom. The Bertz CT molecular complexity index is 1340. The lowest BCUT2D eigenvalue weighted by atomic mass is 9.98. The normalized spacial score (nSPS) is 26.6. The second-order valence-electron chi connectivity index (χ2n) is 18.0. The molecule has 0 radical (unpaired) electrons. The van der Waals surface area contributed by atoms with Crippen LogP contribution in [-0.2, 0) is 33.2 Å². The first-order chi connectivity index (χ1) is 32.6. The molecular formula is C53H92O14. The third-order valence-corrected chi connectivity index (χ3v) is 12.0. The van der Waals surface area contributed by atoms with Crippen molar-refractivity contribution in [2.75, 3.05) is 33.0 Å². The molecule has 2 rings (SSSR count). The monoisotopic (exact) mass is 953 g/mol. The number of ether oxygens (including phenoxy) is 6. The number of allylic oxidation sites excluding steroid dienone is 10. The fraction of sp³-hybridized carbons (Fsp3) is 0.792. The lowest BCUT2D eigenvalue weighted by Gasteiger charge is -2.42. The van der Waals surface area contributed by atoms with Crippen molar-refractivity contribution < 1.29 is 69.0 Å². The zero-order valence-electron chi connectivity index (χ0n) is 41.1. The zero-order valence-corrected chi connectivity index (χ0v) is 41.1. The van der Waals surface area contributed by atoms with E-state index < -0.39 is 86.7 Å². The molecule has 2 heterocycles. The highest BCUT2D eigenvalue weighted by Crippen LogP contribution is 2.26. The van der Waals surface area contributed by atoms with E-state index in [2.05, 4.69) is 74.6 Å². The molecule has 2 aliphatic heterocycles. The summed E-state index contributed by atoms with van der Waals surface area (Å²) in [6, 6.07) is 0. The Kier molecular flexibility index (Phi) is 36.7. The number of aliphatic hydroxyl groups excluding tert-OH is 7. The highest BCUT2D eigenvalue weighted by Gasteiger charge is 2.47. The number of aliphatic hydroxyl groups is 7. The number of carbonyl (C=O) groups excluding carboxylic acids is 1. The van der Waals surface area contributed by atoms with Gasteiger partial charge in [-0.3, -0.25) is 4.79 Å². The van der Waals surface area contributed by atoms with Crippen molar-refractivity contribution in [3.05, 3.63) is 60.8 Å². The van der Waals surface area contributed by atoms with Gasteiger partial charge in [0, 0.05) is 13.0 Å². The minimum atomic E-state index is -1.71. The lowest BCUT2D eigenvalue weighted by molar-refractivity contribution is -0.332. The third-order valence-electron chi connectivity index (χ3n) is 12.0. The fourth-order valence-electron chi connectivity index (χ4n) is 7.74. The molecule has 11 unspecified atom stereocenters. The van der Waals surface area contributed by atoms with Crippen molar-refractivity contribution in [1.29, 1.82) is 0 Å². The van der Waals surface area contributed by atoms with E-state index in [1.165, 1.54) is 51.4 Å². The summed E-state index contributed by atoms with van der Waals surface area (Å²) in [7, 11) is 0. The lowest BCUT2D eigenvalue weighted by Crippen LogP contribution is -2.61. The highest BCUT2D eigenvalue weighted by atomic mass is 16.7. The molecule has 0 aromatic carbocycles. The summed E-state index contributed by atoms with van der Waals surface area (Å²) in [4.78, 5) is 13.0. The largest absolute Gasteiger partial charge is 0.457 e. The molecule has 0 aromatic rings. The van der Waals surface area contributed by atoms with Gasteiger partial charge in [-0.15, -0.1) is 0 Å². The van der Waals surface area contributed by atoms with Gasteiger partial charge in [-0.05, 0) is 77.0 Å². The molecule has 7 N–H and O–H groups in total. The molecule has 0 amide bonds. The summed E-state index contributed by atoms with van der Waals surface area (Å²) in [6.45, 7) is 3.54. The summed E-state index contributed by atoms with van der Waals surface area (Å²) in [6.07, 6.45) is 31.4. The second-order valence-corrected chi connectivity index (χ2v) is 18.0. The first kappa shape index (κ1) is 60.8. The molecule has 0 saturated carbocycles. The molecule has 0 bridgehead atoms. The van der Waals surface area contributed by atoms with Crippen LogP contribution in [0.4, 0.5) is 0 Å². The van der Waals surface area contributed by atoms with Crippen LogP contribution < -0.4 is 0 Å². The molecule has 2 saturated heterocycles. The Hall–Kier alpha value is -2.31. The molecule has 2 aliphatic rings. The van der Waals surface area contributed by atoms with Crippen LogP contribution >= 0.6 is 0 Å². The van der Waals surface area contributed by atoms with E-state index in [0.29, 0.717) is 13.0 Å². The van der Waals surface area contributed by atoms with Gasteiger partial charge in [0.05, 0.1) is 26.4 Å². The molecular weight excluding hydrogens is 861 g/mol. The Morgan fingerprint density at radius 3 is 1.51 bits per heavy atom. The SMILES string of the molecule is CCC/C=C\C/C=C\CCCCCCCC(=O)OC(COCCCCCCCCC/C=C\C/C=C\C/C=C\CCCCC)COC1OC(COC2OC(CO)C(O)C(O)C2O)C(O)C(O)C1O. The van der Waals surface area contributed by atoms with Crippen molar-refractivity contribution in [3.63, 3.8) is 0 Å². The van der Waals surface area contributed by atoms with Gasteiger partial charge in [0.1, 0.15) is 54.9 Å². The van der Waals surface area contributed by atoms with Gasteiger partial charge in [-0.1, -0.05) is 145 Å². The quantitative estimate of drug-likeness (QED) is 0.0178. The van der Waals surface area contributed by atoms with Crippen molar-refractivity contribution in [2.24, 2.45) is 0 Å². The average Bonchev–Trinajstić information content (AvgIpc) is 3.32. The van der Waals surface area contributed by atoms with Crippen molar-refractivity contribution in [3.8, 4) is 0 Å². The minimum absolute atomic E-state index is 0.0464. The first-order valence-electron chi connectivity index (χ1n) is 25.9. The molecule has 388 valence electrons. The molecule has 0 aliphatic carbocycles. The van der Waals surface area contributed by atoms with E-state index in [9.17, 15) is 40.5 Å². The van der Waals surface area contributed by atoms with Crippen LogP contribution in [-0.4, -0.2) is 142 Å². The fourth-order valence-corrected chi connectivity index (χ4v) is 7.74. The summed E-state index contributed by atoms with van der Waals surface area (Å²) >= 11 is 0. The average molecular weight is 953 g/mol. The van der Waals surface area contributed by atoms with Gasteiger partial charge < -0.3 is 64.2 Å². The van der Waals surface area contributed by atoms with Crippen LogP contribution in [0.5, 0.6) is 0 Å². The summed E-state index contributed by atoms with van der Waals surface area (Å²) in [5.74, 6) is -0.397. The topological polar surface area (TPSA) is 214 Å². The number of carbonyl (C=O) groups is 1. The molecule has 14 nitrogen and oxygen atoms in total. The highest BCUT2D eigenvalue weighted by molar-refractivity contribution is 5.69. The smallest absolute Gasteiger partial charge is 0.306 e. The predicted octanol–water partition coefficient (Wildman–Crippen LogP) is 7.74. The van der Waals surface area contributed by atoms with Gasteiger partial charge in [0.25, 0.3) is 0 Å². The van der Waals surface area contributed by atoms with E-state index in [4.69, 9.17) is 28.4 Å². The molecule has 0 aromatic heterocycles. The molecule has 0 spiro atoms. The molecule has 2 fully saturated rings. The number of hydrogen-bond acceptors (Lipinski definition) is 14. The van der Waals surface area contributed by atoms with Gasteiger partial charge in [0.15, 0.2) is 12.6 Å². The molecule has 11 atom stereocenters. The van der Waals surface area contributed by atoms with E-state index in [1.54, 1.807) is 0 Å². The van der Waals surface area contributed by atoms with Crippen molar-refractivity contribution in [2.45, 2.75) is 235 Å². The van der Waals surface area contributed by atoms with Crippen LogP contribution in [0.2, 0.25) is 0 Å². The Labute approximate surface area is 403 Å². The van der Waals surface area contributed by atoms with Gasteiger partial charge in [-0.25, -0.2) is 0 Å². The van der Waals surface area contributed by atoms with Crippen molar-refractivity contribution in [1.82, 2.24) is 0 Å². The van der Waals surface area contributed by atoms with Crippen LogP contribution in [0.15, 0.2) is 60.8 Å². The van der Waals surface area contributed by atoms with Gasteiger partial charge in [-0.2, -0.15) is 0 Å². The molecule has 14 heteroatoms. The zero-order chi connectivity index (χ0) is 48.7. The van der Waals surface area contributed by atoms with E-state index in [1.807, 2.05) is 0 Å². The van der Waals surface area contributed by atoms with Crippen LogP contribution in [0, 0.1) is 0 Å². The van der Waals surface area contributed by atoms with Crippen molar-refractivity contribution >= 4 is 5.97 Å². The van der Waals surface area contributed by atoms with Crippen LogP contribution in [0.3, 0.4) is 0 Å². The predicted molar refractivity (Wildman–Crippen MR) is 261 cm³/mol. The van der Waals surface area contributed by atoms with E-state index in [0.717, 1.165) is 89.9 Å². The maximum absolute atomic E-state index is 13.0. The van der Waals surface area contributed by atoms with Gasteiger partial charge >= 0.3 is 5.97 Å². The second kappa shape index (κ2) is 40.4. The van der Waals surface area contributed by atoms with Gasteiger partial charge in [0.2, 0.25) is 0 Å². The first-order valence-corrected chi connectivity index (χ1v) is 25.9. The number of esters is 1. The third kappa shape index (κ3) is 28.2. The maximum Gasteiger partial charge on any atom is 0.306 e. The van der Waals surface area contributed by atoms with Crippen LogP contribution in [0.25, 0.3) is 0 Å². The minimum Gasteiger partial charge on any atom is -0.457 e. The number of hydrogen-bond donors (Lipinski definition) is 7. The number of unbranched alkanes of at least 4 members (excludes halogenated alkanes) is 16. The summed E-state index contributed by atoms with van der Waals surface area (Å²) in [5.41, 5.74) is 0. The Balaban J connectivity index is 1.76. The van der Waals surface area contributed by atoms with E-state index >= 15 is 0 Å². The van der Waals surface area contributed by atoms with Crippen LogP contribution in [0.1, 0.15) is 168 Å². The standard InChI is InChI=1S/C53H92O14/c1-3-5-7-9-11-13-15-17-18-19-20-21-22-23-25-27-29-31-33-35-37-62-39-42(65-45(55)36-34-32-30-28-26-24-16-14-12-10-8-6-4-2)40-63-52-51(61)49(59)47(57)44(67-52)41-64-53-50(60)48(58)46(56)43(38-54)66-53/h8,10-11,13-14,16-18,20-21,42-44,46-54,56-61H,3-7,9,12,15,19,22-41H2,1-2H3/b10-8-,13-11-,16-14-,18-17-,21-20-. The van der Waals surface area contributed by atoms with E-state index in [-0.39, 0.29) is 19.6 Å². The summed E-state index contributed by atoms with van der Waals surface area (Å²) < 4.78 is 34.2. The molecule has 67 heavy (non-hydrogen) atoms. The number of rotatable bonds is 40. The summed E-state index contributed by atoms with van der Waals surface area (Å²) in [5, 5.41) is 72.1. The Morgan fingerprint density at radius 1 is 0.493 bits per heavy atom. The maximum atomic E-state index is 13.0.